The summed E-state index contributed by atoms with van der Waals surface area (Å²) in [6.07, 6.45) is 0. The Morgan fingerprint density at radius 1 is 1.50 bits per heavy atom. The molecule has 0 fully saturated rings. The fourth-order valence-corrected chi connectivity index (χ4v) is 1.65. The molecule has 54 valence electrons. The van der Waals surface area contributed by atoms with Gasteiger partial charge in [-0.1, -0.05) is 17.7 Å². The molecule has 0 amide bonds. The van der Waals surface area contributed by atoms with Crippen LogP contribution in [0.2, 0.25) is 5.02 Å². The van der Waals surface area contributed by atoms with E-state index < -0.39 is 6.67 Å². The van der Waals surface area contributed by atoms with E-state index in [2.05, 4.69) is 22.6 Å². The highest BCUT2D eigenvalue weighted by Gasteiger charge is 1.97. The molecular formula is C7H5ClFI. The highest BCUT2D eigenvalue weighted by Crippen LogP contribution is 2.18. The molecule has 1 aromatic carbocycles. The Morgan fingerprint density at radius 2 is 2.20 bits per heavy atom. The molecule has 10 heavy (non-hydrogen) atoms. The normalized spacial score (nSPS) is 9.90. The van der Waals surface area contributed by atoms with Crippen molar-refractivity contribution in [3.05, 3.63) is 32.4 Å². The molecule has 0 aliphatic rings. The van der Waals surface area contributed by atoms with E-state index in [-0.39, 0.29) is 0 Å². The van der Waals surface area contributed by atoms with Crippen molar-refractivity contribution in [1.29, 1.82) is 0 Å². The maximum absolute atomic E-state index is 12.1. The molecule has 0 radical (unpaired) electrons. The monoisotopic (exact) mass is 270 g/mol. The zero-order valence-electron chi connectivity index (χ0n) is 5.07. The molecule has 0 heterocycles. The summed E-state index contributed by atoms with van der Waals surface area (Å²) in [6, 6.07) is 5.14. The fraction of sp³-hybridized carbons (Fsp3) is 0.143. The first-order chi connectivity index (χ1) is 4.74. The highest BCUT2D eigenvalue weighted by molar-refractivity contribution is 14.1. The van der Waals surface area contributed by atoms with Crippen LogP contribution in [0.5, 0.6) is 0 Å². The van der Waals surface area contributed by atoms with Crippen molar-refractivity contribution in [1.82, 2.24) is 0 Å². The first-order valence-corrected chi connectivity index (χ1v) is 4.19. The lowest BCUT2D eigenvalue weighted by Gasteiger charge is -1.97. The Morgan fingerprint density at radius 3 is 2.70 bits per heavy atom. The van der Waals surface area contributed by atoms with Gasteiger partial charge in [0.05, 0.1) is 0 Å². The zero-order chi connectivity index (χ0) is 7.56. The predicted octanol–water partition coefficient (Wildman–Crippen LogP) is 3.41. The van der Waals surface area contributed by atoms with Gasteiger partial charge in [-0.2, -0.15) is 0 Å². The van der Waals surface area contributed by atoms with Gasteiger partial charge in [0.25, 0.3) is 0 Å². The lowest BCUT2D eigenvalue weighted by molar-refractivity contribution is 0.484. The zero-order valence-corrected chi connectivity index (χ0v) is 7.99. The van der Waals surface area contributed by atoms with E-state index in [1.807, 2.05) is 0 Å². The fourth-order valence-electron chi connectivity index (χ4n) is 0.630. The minimum Gasteiger partial charge on any atom is -0.246 e. The molecule has 0 saturated heterocycles. The summed E-state index contributed by atoms with van der Waals surface area (Å²) in [5.41, 5.74) is 0.699. The molecular weight excluding hydrogens is 265 g/mol. The van der Waals surface area contributed by atoms with Gasteiger partial charge in [-0.15, -0.1) is 0 Å². The summed E-state index contributed by atoms with van der Waals surface area (Å²) in [5.74, 6) is 0. The summed E-state index contributed by atoms with van der Waals surface area (Å²) in [4.78, 5) is 0. The smallest absolute Gasteiger partial charge is 0.116 e. The molecule has 0 aliphatic heterocycles. The molecule has 0 aliphatic carbocycles. The summed E-state index contributed by atoms with van der Waals surface area (Å²) < 4.78 is 13.0. The van der Waals surface area contributed by atoms with E-state index in [1.54, 1.807) is 18.2 Å². The van der Waals surface area contributed by atoms with E-state index in [1.165, 1.54) is 0 Å². The van der Waals surface area contributed by atoms with E-state index >= 15 is 0 Å². The molecule has 0 N–H and O–H groups in total. The van der Waals surface area contributed by atoms with Crippen LogP contribution in [0, 0.1) is 3.57 Å². The molecule has 0 atom stereocenters. The third kappa shape index (κ3) is 1.83. The molecule has 1 aromatic rings. The summed E-state index contributed by atoms with van der Waals surface area (Å²) in [6.45, 7) is -0.421. The van der Waals surface area contributed by atoms with Gasteiger partial charge in [-0.3, -0.25) is 0 Å². The van der Waals surface area contributed by atoms with Crippen LogP contribution in [-0.2, 0) is 6.67 Å². The highest BCUT2D eigenvalue weighted by atomic mass is 127. The van der Waals surface area contributed by atoms with E-state index in [0.29, 0.717) is 10.6 Å². The summed E-state index contributed by atoms with van der Waals surface area (Å²) in [5, 5.41) is 0.654. The van der Waals surface area contributed by atoms with Crippen LogP contribution in [0.15, 0.2) is 18.2 Å². The average Bonchev–Trinajstić information content (AvgIpc) is 1.88. The molecule has 0 unspecified atom stereocenters. The Bertz CT molecular complexity index is 237. The first-order valence-electron chi connectivity index (χ1n) is 2.74. The molecule has 0 nitrogen and oxygen atoms in total. The Labute approximate surface area is 77.5 Å². The van der Waals surface area contributed by atoms with Gasteiger partial charge in [0.2, 0.25) is 0 Å². The number of alkyl halides is 1. The molecule has 0 saturated carbocycles. The summed E-state index contributed by atoms with van der Waals surface area (Å²) >= 11 is 7.71. The second kappa shape index (κ2) is 3.53. The van der Waals surface area contributed by atoms with Crippen molar-refractivity contribution >= 4 is 34.2 Å². The van der Waals surface area contributed by atoms with Crippen molar-refractivity contribution in [2.75, 3.05) is 0 Å². The minimum absolute atomic E-state index is 0.421. The van der Waals surface area contributed by atoms with Crippen molar-refractivity contribution in [2.45, 2.75) is 6.67 Å². The first kappa shape index (κ1) is 8.27. The third-order valence-electron chi connectivity index (χ3n) is 1.16. The van der Waals surface area contributed by atoms with Crippen LogP contribution in [0.1, 0.15) is 5.56 Å². The van der Waals surface area contributed by atoms with Crippen LogP contribution < -0.4 is 0 Å². The van der Waals surface area contributed by atoms with Gasteiger partial charge in [0, 0.05) is 8.59 Å². The van der Waals surface area contributed by atoms with Gasteiger partial charge in [0.1, 0.15) is 6.67 Å². The predicted molar refractivity (Wildman–Crippen MR) is 49.0 cm³/mol. The SMILES string of the molecule is FCc1ccc(Cl)cc1I. The average molecular weight is 270 g/mol. The molecule has 3 heteroatoms. The van der Waals surface area contributed by atoms with Crippen LogP contribution >= 0.6 is 34.2 Å². The van der Waals surface area contributed by atoms with Gasteiger partial charge in [0.15, 0.2) is 0 Å². The van der Waals surface area contributed by atoms with E-state index in [9.17, 15) is 4.39 Å². The van der Waals surface area contributed by atoms with Crippen molar-refractivity contribution in [3.63, 3.8) is 0 Å². The summed E-state index contributed by atoms with van der Waals surface area (Å²) in [7, 11) is 0. The van der Waals surface area contributed by atoms with Gasteiger partial charge in [-0.25, -0.2) is 4.39 Å². The second-order valence-corrected chi connectivity index (χ2v) is 3.47. The van der Waals surface area contributed by atoms with E-state index in [0.717, 1.165) is 3.57 Å². The third-order valence-corrected chi connectivity index (χ3v) is 2.40. The number of halogens is 3. The van der Waals surface area contributed by atoms with Crippen LogP contribution in [-0.4, -0.2) is 0 Å². The van der Waals surface area contributed by atoms with Crippen LogP contribution in [0.4, 0.5) is 4.39 Å². The molecule has 1 rings (SSSR count). The lowest BCUT2D eigenvalue weighted by Crippen LogP contribution is -1.82. The van der Waals surface area contributed by atoms with Crippen molar-refractivity contribution in [2.24, 2.45) is 0 Å². The van der Waals surface area contributed by atoms with Crippen LogP contribution in [0.25, 0.3) is 0 Å². The maximum atomic E-state index is 12.1. The Hall–Kier alpha value is 0.170. The van der Waals surface area contributed by atoms with Crippen LogP contribution in [0.3, 0.4) is 0 Å². The largest absolute Gasteiger partial charge is 0.246 e. The maximum Gasteiger partial charge on any atom is 0.116 e. The van der Waals surface area contributed by atoms with Gasteiger partial charge in [-0.05, 0) is 40.3 Å². The molecule has 0 bridgehead atoms. The molecule has 0 aromatic heterocycles. The Balaban J connectivity index is 3.07. The standard InChI is InChI=1S/C7H5ClFI/c8-6-2-1-5(4-9)7(10)3-6/h1-3H,4H2. The number of hydrogen-bond acceptors (Lipinski definition) is 0. The van der Waals surface area contributed by atoms with Crippen molar-refractivity contribution in [3.8, 4) is 0 Å². The Kier molecular flexibility index (Phi) is 2.92. The number of hydrogen-bond donors (Lipinski definition) is 0. The number of benzene rings is 1. The number of rotatable bonds is 1. The van der Waals surface area contributed by atoms with Gasteiger partial charge >= 0.3 is 0 Å². The quantitative estimate of drug-likeness (QED) is 0.686. The minimum atomic E-state index is -0.421. The van der Waals surface area contributed by atoms with Gasteiger partial charge < -0.3 is 0 Å². The molecule has 0 spiro atoms. The van der Waals surface area contributed by atoms with Crippen molar-refractivity contribution < 1.29 is 4.39 Å². The topological polar surface area (TPSA) is 0 Å². The van der Waals surface area contributed by atoms with E-state index in [4.69, 9.17) is 11.6 Å². The lowest BCUT2D eigenvalue weighted by atomic mass is 10.2. The second-order valence-electron chi connectivity index (χ2n) is 1.87.